The normalized spacial score (nSPS) is 10.5. The predicted molar refractivity (Wildman–Crippen MR) is 127 cm³/mol. The highest BCUT2D eigenvalue weighted by Crippen LogP contribution is 2.27. The molecule has 0 saturated carbocycles. The average Bonchev–Trinajstić information content (AvgIpc) is 3.54. The summed E-state index contributed by atoms with van der Waals surface area (Å²) in [5.74, 6) is -0.800. The molecule has 0 unspecified atom stereocenters. The van der Waals surface area contributed by atoms with E-state index in [0.717, 1.165) is 30.4 Å². The zero-order valence-electron chi connectivity index (χ0n) is 16.8. The number of hydrogen-bond acceptors (Lipinski definition) is 7. The molecule has 10 nitrogen and oxygen atoms in total. The Bertz CT molecular complexity index is 1510. The second kappa shape index (κ2) is 9.06. The Hall–Kier alpha value is -4.29. The lowest BCUT2D eigenvalue weighted by atomic mass is 10.2. The van der Waals surface area contributed by atoms with Crippen molar-refractivity contribution in [3.8, 4) is 0 Å². The lowest BCUT2D eigenvalue weighted by Crippen LogP contribution is -2.10. The first-order chi connectivity index (χ1) is 15.9. The van der Waals surface area contributed by atoms with Crippen LogP contribution in [0.15, 0.2) is 61.2 Å². The van der Waals surface area contributed by atoms with Crippen molar-refractivity contribution in [1.82, 2.24) is 18.8 Å². The molecule has 5 N–H and O–H groups in total. The van der Waals surface area contributed by atoms with E-state index in [1.165, 1.54) is 0 Å². The molecule has 4 aromatic heterocycles. The number of hydrogen-bond donors (Lipinski definition) is 3. The van der Waals surface area contributed by atoms with Crippen LogP contribution in [0.3, 0.4) is 0 Å². The Morgan fingerprint density at radius 2 is 1.21 bits per heavy atom. The van der Waals surface area contributed by atoms with Crippen LogP contribution in [-0.2, 0) is 4.79 Å². The molecule has 0 fully saturated rings. The van der Waals surface area contributed by atoms with E-state index in [9.17, 15) is 9.59 Å². The first-order valence-electron chi connectivity index (χ1n) is 9.31. The highest BCUT2D eigenvalue weighted by Gasteiger charge is 2.08. The smallest absolute Gasteiger partial charge is 0.290 e. The maximum Gasteiger partial charge on any atom is 0.290 e. The molecule has 4 heterocycles. The molecule has 0 bridgehead atoms. The number of thiazole rings is 2. The van der Waals surface area contributed by atoms with E-state index in [1.54, 1.807) is 59.3 Å². The summed E-state index contributed by atoms with van der Waals surface area (Å²) < 4.78 is 6.03. The average molecular weight is 481 g/mol. The Kier molecular flexibility index (Phi) is 6.02. The van der Waals surface area contributed by atoms with Gasteiger partial charge in [-0.1, -0.05) is 22.7 Å². The van der Waals surface area contributed by atoms with Crippen LogP contribution in [0, 0.1) is 0 Å². The Balaban J connectivity index is 0.000000141. The lowest BCUT2D eigenvalue weighted by Gasteiger charge is -1.94. The molecule has 0 spiro atoms. The molecule has 0 radical (unpaired) electrons. The SMILES string of the molecule is NC(=O)c1ccc2c(c1)sc1nccn12.NC(=O)c1ccc2c(c1)sc1nccn12.O=CO. The van der Waals surface area contributed by atoms with E-state index in [2.05, 4.69) is 9.97 Å². The van der Waals surface area contributed by atoms with Crippen molar-refractivity contribution in [2.24, 2.45) is 11.5 Å². The minimum Gasteiger partial charge on any atom is -0.483 e. The van der Waals surface area contributed by atoms with Crippen molar-refractivity contribution in [3.63, 3.8) is 0 Å². The first kappa shape index (κ1) is 21.9. The van der Waals surface area contributed by atoms with E-state index in [-0.39, 0.29) is 6.47 Å². The van der Waals surface area contributed by atoms with Gasteiger partial charge in [-0.25, -0.2) is 9.97 Å². The Morgan fingerprint density at radius 3 is 1.58 bits per heavy atom. The van der Waals surface area contributed by atoms with Crippen LogP contribution in [0.2, 0.25) is 0 Å². The number of nitrogens with zero attached hydrogens (tertiary/aromatic N) is 4. The van der Waals surface area contributed by atoms with Crippen molar-refractivity contribution in [2.75, 3.05) is 0 Å². The van der Waals surface area contributed by atoms with Gasteiger partial charge in [0, 0.05) is 35.9 Å². The number of carbonyl (C=O) groups is 3. The van der Waals surface area contributed by atoms with Crippen LogP contribution in [-0.4, -0.2) is 42.2 Å². The molecule has 166 valence electrons. The standard InChI is InChI=1S/2C10H7N3OS.CH2O2/c2*11-9(14)6-1-2-7-8(5-6)15-10-12-3-4-13(7)10;2-1-3/h2*1-5H,(H2,11,14);1H,(H,2,3). The van der Waals surface area contributed by atoms with E-state index in [0.29, 0.717) is 11.1 Å². The highest BCUT2D eigenvalue weighted by atomic mass is 32.1. The summed E-state index contributed by atoms with van der Waals surface area (Å²) in [6, 6.07) is 10.9. The quantitative estimate of drug-likeness (QED) is 0.323. The first-order valence-corrected chi connectivity index (χ1v) is 10.9. The van der Waals surface area contributed by atoms with Gasteiger partial charge in [-0.2, -0.15) is 0 Å². The fourth-order valence-electron chi connectivity index (χ4n) is 3.19. The summed E-state index contributed by atoms with van der Waals surface area (Å²) in [6.45, 7) is -0.250. The second-order valence-electron chi connectivity index (χ2n) is 6.56. The molecule has 2 aromatic carbocycles. The van der Waals surface area contributed by atoms with Crippen LogP contribution in [0.4, 0.5) is 0 Å². The summed E-state index contributed by atoms with van der Waals surface area (Å²) in [6.07, 6.45) is 7.32. The fraction of sp³-hybridized carbons (Fsp3) is 0. The van der Waals surface area contributed by atoms with Gasteiger partial charge in [0.25, 0.3) is 6.47 Å². The van der Waals surface area contributed by atoms with Crippen molar-refractivity contribution in [3.05, 3.63) is 72.3 Å². The van der Waals surface area contributed by atoms with Gasteiger partial charge in [0.05, 0.1) is 20.4 Å². The number of rotatable bonds is 2. The number of imidazole rings is 2. The van der Waals surface area contributed by atoms with Gasteiger partial charge in [-0.3, -0.25) is 23.2 Å². The molecule has 0 atom stereocenters. The lowest BCUT2D eigenvalue weighted by molar-refractivity contribution is -0.122. The summed E-state index contributed by atoms with van der Waals surface area (Å²) in [5, 5.41) is 6.89. The van der Waals surface area contributed by atoms with Crippen LogP contribution >= 0.6 is 22.7 Å². The molecule has 0 aliphatic rings. The van der Waals surface area contributed by atoms with Gasteiger partial charge in [0.1, 0.15) is 0 Å². The summed E-state index contributed by atoms with van der Waals surface area (Å²) in [5.41, 5.74) is 13.6. The van der Waals surface area contributed by atoms with Gasteiger partial charge < -0.3 is 16.6 Å². The van der Waals surface area contributed by atoms with E-state index < -0.39 is 11.8 Å². The molecule has 33 heavy (non-hydrogen) atoms. The number of carbonyl (C=O) groups excluding carboxylic acids is 2. The van der Waals surface area contributed by atoms with Crippen LogP contribution < -0.4 is 11.5 Å². The Labute approximate surface area is 193 Å². The zero-order chi connectivity index (χ0) is 23.5. The second-order valence-corrected chi connectivity index (χ2v) is 8.58. The van der Waals surface area contributed by atoms with Crippen LogP contribution in [0.1, 0.15) is 20.7 Å². The number of benzene rings is 2. The molecule has 12 heteroatoms. The van der Waals surface area contributed by atoms with Crippen LogP contribution in [0.25, 0.3) is 30.4 Å². The maximum absolute atomic E-state index is 11.0. The number of aromatic nitrogens is 4. The van der Waals surface area contributed by atoms with E-state index >= 15 is 0 Å². The summed E-state index contributed by atoms with van der Waals surface area (Å²) >= 11 is 3.09. The number of amides is 2. The van der Waals surface area contributed by atoms with Crippen molar-refractivity contribution < 1.29 is 19.5 Å². The highest BCUT2D eigenvalue weighted by molar-refractivity contribution is 7.23. The third-order valence-corrected chi connectivity index (χ3v) is 6.69. The summed E-state index contributed by atoms with van der Waals surface area (Å²) in [4.78, 5) is 40.6. The molecular weight excluding hydrogens is 464 g/mol. The van der Waals surface area contributed by atoms with Gasteiger partial charge in [-0.05, 0) is 36.4 Å². The van der Waals surface area contributed by atoms with Gasteiger partial charge >= 0.3 is 0 Å². The maximum atomic E-state index is 11.0. The predicted octanol–water partition coefficient (Wildman–Crippen LogP) is 3.00. The Morgan fingerprint density at radius 1 is 0.818 bits per heavy atom. The van der Waals surface area contributed by atoms with Crippen LogP contribution in [0.5, 0.6) is 0 Å². The van der Waals surface area contributed by atoms with E-state index in [4.69, 9.17) is 21.4 Å². The van der Waals surface area contributed by atoms with Crippen molar-refractivity contribution in [1.29, 1.82) is 0 Å². The number of carboxylic acid groups (broad SMARTS) is 1. The monoisotopic (exact) mass is 480 g/mol. The molecule has 2 amide bonds. The summed E-state index contributed by atoms with van der Waals surface area (Å²) in [7, 11) is 0. The molecule has 6 rings (SSSR count). The third-order valence-electron chi connectivity index (χ3n) is 4.62. The zero-order valence-corrected chi connectivity index (χ0v) is 18.4. The number of primary amides is 2. The molecular formula is C21H16N6O4S2. The minimum atomic E-state index is -0.400. The largest absolute Gasteiger partial charge is 0.483 e. The third kappa shape index (κ3) is 4.24. The topological polar surface area (TPSA) is 158 Å². The van der Waals surface area contributed by atoms with E-state index in [1.807, 2.05) is 33.3 Å². The number of fused-ring (bicyclic) bond motifs is 6. The van der Waals surface area contributed by atoms with Crippen molar-refractivity contribution >= 4 is 71.3 Å². The van der Waals surface area contributed by atoms with Gasteiger partial charge in [0.2, 0.25) is 11.8 Å². The molecule has 0 saturated heterocycles. The minimum absolute atomic E-state index is 0.250. The fourth-order valence-corrected chi connectivity index (χ4v) is 5.24. The van der Waals surface area contributed by atoms with Gasteiger partial charge in [0.15, 0.2) is 9.92 Å². The molecule has 6 aromatic rings. The number of nitrogens with two attached hydrogens (primary N) is 2. The van der Waals surface area contributed by atoms with Gasteiger partial charge in [-0.15, -0.1) is 0 Å². The molecule has 0 aliphatic carbocycles. The van der Waals surface area contributed by atoms with Crippen molar-refractivity contribution in [2.45, 2.75) is 0 Å². The molecule has 0 aliphatic heterocycles.